The van der Waals surface area contributed by atoms with Gasteiger partial charge in [-0.15, -0.1) is 0 Å². The first-order chi connectivity index (χ1) is 9.69. The topological polar surface area (TPSA) is 68.3 Å². The minimum atomic E-state index is -0.586. The molecule has 1 aromatic heterocycles. The summed E-state index contributed by atoms with van der Waals surface area (Å²) < 4.78 is 4.74. The van der Waals surface area contributed by atoms with Crippen molar-refractivity contribution in [2.45, 2.75) is 45.1 Å². The molecule has 1 amide bonds. The zero-order chi connectivity index (χ0) is 14.8. The van der Waals surface area contributed by atoms with Crippen molar-refractivity contribution < 1.29 is 14.3 Å². The molecule has 20 heavy (non-hydrogen) atoms. The molecule has 0 aliphatic rings. The number of esters is 1. The molecule has 0 unspecified atom stereocenters. The first kappa shape index (κ1) is 16.1. The van der Waals surface area contributed by atoms with E-state index >= 15 is 0 Å². The molecule has 0 aromatic carbocycles. The van der Waals surface area contributed by atoms with E-state index in [1.54, 1.807) is 24.5 Å². The van der Waals surface area contributed by atoms with Gasteiger partial charge in [-0.05, 0) is 18.6 Å². The minimum absolute atomic E-state index is 0.279. The maximum Gasteiger partial charge on any atom is 0.328 e. The average molecular weight is 278 g/mol. The number of carbonyl (C=O) groups excluding carboxylic acids is 2. The van der Waals surface area contributed by atoms with E-state index in [1.807, 2.05) is 0 Å². The Balaban J connectivity index is 2.56. The van der Waals surface area contributed by atoms with E-state index in [2.05, 4.69) is 17.2 Å². The van der Waals surface area contributed by atoms with Crippen LogP contribution in [0.25, 0.3) is 0 Å². The molecule has 0 aliphatic carbocycles. The lowest BCUT2D eigenvalue weighted by Gasteiger charge is -2.16. The first-order valence-corrected chi connectivity index (χ1v) is 6.97. The van der Waals surface area contributed by atoms with Gasteiger partial charge in [0, 0.05) is 18.0 Å². The summed E-state index contributed by atoms with van der Waals surface area (Å²) in [5.41, 5.74) is 0.488. The first-order valence-electron chi connectivity index (χ1n) is 6.97. The van der Waals surface area contributed by atoms with Crippen LogP contribution in [-0.2, 0) is 9.53 Å². The largest absolute Gasteiger partial charge is 0.467 e. The van der Waals surface area contributed by atoms with Crippen LogP contribution in [-0.4, -0.2) is 30.0 Å². The van der Waals surface area contributed by atoms with Crippen LogP contribution in [0.15, 0.2) is 24.5 Å². The van der Waals surface area contributed by atoms with Gasteiger partial charge in [-0.25, -0.2) is 4.79 Å². The fraction of sp³-hybridized carbons (Fsp3) is 0.533. The normalized spacial score (nSPS) is 11.7. The Morgan fingerprint density at radius 3 is 2.55 bits per heavy atom. The molecule has 0 spiro atoms. The third kappa shape index (κ3) is 5.38. The Morgan fingerprint density at radius 1 is 1.25 bits per heavy atom. The lowest BCUT2D eigenvalue weighted by atomic mass is 10.1. The van der Waals surface area contributed by atoms with Crippen molar-refractivity contribution in [1.29, 1.82) is 0 Å². The third-order valence-electron chi connectivity index (χ3n) is 3.08. The van der Waals surface area contributed by atoms with Crippen molar-refractivity contribution in [2.24, 2.45) is 0 Å². The third-order valence-corrected chi connectivity index (χ3v) is 3.08. The molecule has 1 atom stereocenters. The van der Waals surface area contributed by atoms with Gasteiger partial charge in [-0.2, -0.15) is 0 Å². The Hall–Kier alpha value is -1.91. The highest BCUT2D eigenvalue weighted by Gasteiger charge is 2.21. The summed E-state index contributed by atoms with van der Waals surface area (Å²) in [5, 5.41) is 2.72. The number of hydrogen-bond donors (Lipinski definition) is 1. The van der Waals surface area contributed by atoms with Crippen molar-refractivity contribution in [3.63, 3.8) is 0 Å². The second-order valence-corrected chi connectivity index (χ2v) is 4.63. The van der Waals surface area contributed by atoms with Crippen molar-refractivity contribution in [3.05, 3.63) is 30.1 Å². The molecule has 1 N–H and O–H groups in total. The molecule has 1 rings (SSSR count). The maximum atomic E-state index is 12.0. The SMILES string of the molecule is CCCCCC[C@@H](NC(=O)c1ccncc1)C(=O)OC. The van der Waals surface area contributed by atoms with Crippen LogP contribution >= 0.6 is 0 Å². The monoisotopic (exact) mass is 278 g/mol. The number of pyridine rings is 1. The van der Waals surface area contributed by atoms with Gasteiger partial charge in [0.25, 0.3) is 5.91 Å². The van der Waals surface area contributed by atoms with Crippen molar-refractivity contribution in [1.82, 2.24) is 10.3 Å². The van der Waals surface area contributed by atoms with Gasteiger partial charge >= 0.3 is 5.97 Å². The molecular formula is C15H22N2O3. The molecule has 0 fully saturated rings. The van der Waals surface area contributed by atoms with Gasteiger partial charge in [0.2, 0.25) is 0 Å². The Morgan fingerprint density at radius 2 is 1.95 bits per heavy atom. The average Bonchev–Trinajstić information content (AvgIpc) is 2.50. The molecule has 5 nitrogen and oxygen atoms in total. The van der Waals surface area contributed by atoms with E-state index in [0.29, 0.717) is 12.0 Å². The summed E-state index contributed by atoms with van der Waals surface area (Å²) in [6.45, 7) is 2.13. The molecule has 1 aromatic rings. The lowest BCUT2D eigenvalue weighted by Crippen LogP contribution is -2.41. The van der Waals surface area contributed by atoms with Crippen LogP contribution in [0.5, 0.6) is 0 Å². The highest BCUT2D eigenvalue weighted by Crippen LogP contribution is 2.08. The number of carbonyl (C=O) groups is 2. The number of nitrogens with zero attached hydrogens (tertiary/aromatic N) is 1. The Labute approximate surface area is 119 Å². The van der Waals surface area contributed by atoms with Crippen molar-refractivity contribution in [3.8, 4) is 0 Å². The van der Waals surface area contributed by atoms with E-state index in [0.717, 1.165) is 25.7 Å². The van der Waals surface area contributed by atoms with Gasteiger partial charge in [-0.1, -0.05) is 32.6 Å². The lowest BCUT2D eigenvalue weighted by molar-refractivity contribution is -0.143. The van der Waals surface area contributed by atoms with Crippen LogP contribution in [0.3, 0.4) is 0 Å². The van der Waals surface area contributed by atoms with E-state index in [9.17, 15) is 9.59 Å². The van der Waals surface area contributed by atoms with Gasteiger partial charge in [0.15, 0.2) is 0 Å². The summed E-state index contributed by atoms with van der Waals surface area (Å²) in [7, 11) is 1.33. The highest BCUT2D eigenvalue weighted by molar-refractivity contribution is 5.96. The highest BCUT2D eigenvalue weighted by atomic mass is 16.5. The number of unbranched alkanes of at least 4 members (excludes halogenated alkanes) is 3. The Bertz CT molecular complexity index is 420. The molecule has 0 saturated heterocycles. The number of hydrogen-bond acceptors (Lipinski definition) is 4. The quantitative estimate of drug-likeness (QED) is 0.585. The van der Waals surface area contributed by atoms with E-state index in [-0.39, 0.29) is 5.91 Å². The molecule has 1 heterocycles. The molecule has 0 aliphatic heterocycles. The molecular weight excluding hydrogens is 256 g/mol. The van der Waals surface area contributed by atoms with Gasteiger partial charge in [0.1, 0.15) is 6.04 Å². The molecule has 0 radical (unpaired) electrons. The summed E-state index contributed by atoms with van der Waals surface area (Å²) in [4.78, 5) is 27.6. The van der Waals surface area contributed by atoms with Crippen LogP contribution in [0.2, 0.25) is 0 Å². The zero-order valence-corrected chi connectivity index (χ0v) is 12.1. The fourth-order valence-electron chi connectivity index (χ4n) is 1.91. The van der Waals surface area contributed by atoms with Crippen molar-refractivity contribution in [2.75, 3.05) is 7.11 Å². The summed E-state index contributed by atoms with van der Waals surface area (Å²) in [6.07, 6.45) is 7.90. The van der Waals surface area contributed by atoms with Gasteiger partial charge in [-0.3, -0.25) is 9.78 Å². The molecule has 0 bridgehead atoms. The predicted octanol–water partition coefficient (Wildman–Crippen LogP) is 2.32. The van der Waals surface area contributed by atoms with Crippen LogP contribution < -0.4 is 5.32 Å². The number of methoxy groups -OCH3 is 1. The summed E-state index contributed by atoms with van der Waals surface area (Å²) in [6, 6.07) is 2.64. The Kier molecular flexibility index (Phi) is 7.32. The summed E-state index contributed by atoms with van der Waals surface area (Å²) >= 11 is 0. The number of aromatic nitrogens is 1. The summed E-state index contributed by atoms with van der Waals surface area (Å²) in [5.74, 6) is -0.679. The van der Waals surface area contributed by atoms with E-state index in [1.165, 1.54) is 7.11 Å². The number of nitrogens with one attached hydrogen (secondary N) is 1. The number of amides is 1. The van der Waals surface area contributed by atoms with E-state index in [4.69, 9.17) is 4.74 Å². The van der Waals surface area contributed by atoms with E-state index < -0.39 is 12.0 Å². The van der Waals surface area contributed by atoms with Crippen LogP contribution in [0.4, 0.5) is 0 Å². The fourth-order valence-corrected chi connectivity index (χ4v) is 1.91. The van der Waals surface area contributed by atoms with Gasteiger partial charge in [0.05, 0.1) is 7.11 Å². The molecule has 0 saturated carbocycles. The van der Waals surface area contributed by atoms with Crippen molar-refractivity contribution >= 4 is 11.9 Å². The number of ether oxygens (including phenoxy) is 1. The molecule has 110 valence electrons. The van der Waals surface area contributed by atoms with Crippen LogP contribution in [0.1, 0.15) is 49.4 Å². The molecule has 5 heteroatoms. The minimum Gasteiger partial charge on any atom is -0.467 e. The zero-order valence-electron chi connectivity index (χ0n) is 12.1. The second-order valence-electron chi connectivity index (χ2n) is 4.63. The number of rotatable bonds is 8. The predicted molar refractivity (Wildman–Crippen MR) is 76.3 cm³/mol. The smallest absolute Gasteiger partial charge is 0.328 e. The van der Waals surface area contributed by atoms with Gasteiger partial charge < -0.3 is 10.1 Å². The van der Waals surface area contributed by atoms with Crippen LogP contribution in [0, 0.1) is 0 Å². The second kappa shape index (κ2) is 9.07. The maximum absolute atomic E-state index is 12.0. The standard InChI is InChI=1S/C15H22N2O3/c1-3-4-5-6-7-13(15(19)20-2)17-14(18)12-8-10-16-11-9-12/h8-11,13H,3-7H2,1-2H3,(H,17,18)/t13-/m1/s1.